The number of methoxy groups -OCH3 is 1. The van der Waals surface area contributed by atoms with E-state index in [2.05, 4.69) is 22.5 Å². The van der Waals surface area contributed by atoms with Gasteiger partial charge in [-0.1, -0.05) is 13.8 Å². The number of hydrazone groups is 1. The Balaban J connectivity index is 2.19. The average Bonchev–Trinajstić information content (AvgIpc) is 2.84. The largest absolute Gasteiger partial charge is 0.495 e. The first-order valence-electron chi connectivity index (χ1n) is 7.06. The number of nitrogens with one attached hydrogen (secondary N) is 1. The Bertz CT molecular complexity index is 733. The van der Waals surface area contributed by atoms with Gasteiger partial charge in [-0.25, -0.2) is 9.94 Å². The highest BCUT2D eigenvalue weighted by Gasteiger charge is 2.26. The molecule has 0 saturated heterocycles. The first kappa shape index (κ1) is 13.6. The predicted molar refractivity (Wildman–Crippen MR) is 79.6 cm³/mol. The van der Waals surface area contributed by atoms with E-state index in [-0.39, 0.29) is 11.8 Å². The summed E-state index contributed by atoms with van der Waals surface area (Å²) in [6.45, 7) is 4.08. The second kappa shape index (κ2) is 5.20. The molecular formula is C15H18N4O2. The zero-order valence-corrected chi connectivity index (χ0v) is 12.4. The second-order valence-electron chi connectivity index (χ2n) is 5.21. The van der Waals surface area contributed by atoms with Gasteiger partial charge in [0.05, 0.1) is 30.2 Å². The van der Waals surface area contributed by atoms with Crippen molar-refractivity contribution in [3.8, 4) is 5.75 Å². The predicted octanol–water partition coefficient (Wildman–Crippen LogP) is 1.77. The summed E-state index contributed by atoms with van der Waals surface area (Å²) in [5.74, 6) is 0.799. The zero-order valence-electron chi connectivity index (χ0n) is 12.4. The Hall–Kier alpha value is -2.37. The Morgan fingerprint density at radius 3 is 2.95 bits per heavy atom. The molecule has 1 atom stereocenters. The minimum atomic E-state index is -0.0394. The number of carbonyl (C=O) groups excluding carboxylic acids is 1. The van der Waals surface area contributed by atoms with Crippen LogP contribution in [-0.4, -0.2) is 28.3 Å². The third kappa shape index (κ3) is 2.26. The maximum atomic E-state index is 11.4. The van der Waals surface area contributed by atoms with Crippen LogP contribution < -0.4 is 10.2 Å². The molecule has 1 amide bonds. The molecule has 21 heavy (non-hydrogen) atoms. The number of ether oxygens (including phenoxy) is 1. The normalized spacial score (nSPS) is 18.5. The highest BCUT2D eigenvalue weighted by Crippen LogP contribution is 2.25. The molecule has 0 aliphatic carbocycles. The summed E-state index contributed by atoms with van der Waals surface area (Å²) in [5, 5.41) is 8.88. The summed E-state index contributed by atoms with van der Waals surface area (Å²) < 4.78 is 7.06. The summed E-state index contributed by atoms with van der Waals surface area (Å²) in [6, 6.07) is 3.89. The van der Waals surface area contributed by atoms with Gasteiger partial charge in [0, 0.05) is 17.9 Å². The number of carbonyl (C=O) groups is 1. The van der Waals surface area contributed by atoms with E-state index in [1.54, 1.807) is 7.11 Å². The number of fused-ring (bicyclic) bond motifs is 1. The van der Waals surface area contributed by atoms with Crippen molar-refractivity contribution in [1.29, 1.82) is 0 Å². The Kier molecular flexibility index (Phi) is 3.37. The zero-order chi connectivity index (χ0) is 15.0. The Labute approximate surface area is 122 Å². The molecule has 0 fully saturated rings. The number of aromatic nitrogens is 2. The van der Waals surface area contributed by atoms with Gasteiger partial charge in [0.2, 0.25) is 5.91 Å². The van der Waals surface area contributed by atoms with Crippen LogP contribution in [0.1, 0.15) is 31.5 Å². The summed E-state index contributed by atoms with van der Waals surface area (Å²) in [7, 11) is 1.63. The number of hydrogen-bond acceptors (Lipinski definition) is 4. The van der Waals surface area contributed by atoms with Crippen LogP contribution in [0.15, 0.2) is 23.4 Å². The van der Waals surface area contributed by atoms with E-state index in [1.165, 1.54) is 0 Å². The van der Waals surface area contributed by atoms with Crippen LogP contribution in [0.5, 0.6) is 5.75 Å². The van der Waals surface area contributed by atoms with Crippen LogP contribution in [0.4, 0.5) is 0 Å². The molecule has 1 aliphatic heterocycles. The maximum absolute atomic E-state index is 11.4. The van der Waals surface area contributed by atoms with Gasteiger partial charge in [-0.15, -0.1) is 0 Å². The van der Waals surface area contributed by atoms with Crippen molar-refractivity contribution in [1.82, 2.24) is 15.0 Å². The lowest BCUT2D eigenvalue weighted by Gasteiger charge is -2.19. The molecule has 0 aromatic carbocycles. The van der Waals surface area contributed by atoms with Gasteiger partial charge in [-0.3, -0.25) is 4.79 Å². The minimum Gasteiger partial charge on any atom is -0.495 e. The lowest BCUT2D eigenvalue weighted by Crippen LogP contribution is -2.32. The monoisotopic (exact) mass is 286 g/mol. The fourth-order valence-electron chi connectivity index (χ4n) is 2.68. The van der Waals surface area contributed by atoms with Crippen LogP contribution in [0, 0.1) is 5.92 Å². The van der Waals surface area contributed by atoms with Gasteiger partial charge < -0.3 is 4.74 Å². The molecule has 6 nitrogen and oxygen atoms in total. The van der Waals surface area contributed by atoms with Crippen molar-refractivity contribution in [3.05, 3.63) is 29.6 Å². The molecule has 110 valence electrons. The lowest BCUT2D eigenvalue weighted by molar-refractivity contribution is -0.121. The number of aryl methyl sites for hydroxylation is 1. The molecule has 1 unspecified atom stereocenters. The van der Waals surface area contributed by atoms with E-state index >= 15 is 0 Å². The third-order valence-corrected chi connectivity index (χ3v) is 3.76. The molecule has 0 spiro atoms. The topological polar surface area (TPSA) is 68.0 Å². The third-order valence-electron chi connectivity index (χ3n) is 3.76. The van der Waals surface area contributed by atoms with Gasteiger partial charge in [0.1, 0.15) is 5.75 Å². The second-order valence-corrected chi connectivity index (χ2v) is 5.21. The molecule has 0 radical (unpaired) electrons. The quantitative estimate of drug-likeness (QED) is 0.935. The number of hydrogen-bond donors (Lipinski definition) is 1. The highest BCUT2D eigenvalue weighted by atomic mass is 16.5. The van der Waals surface area contributed by atoms with Crippen molar-refractivity contribution in [3.63, 3.8) is 0 Å². The molecule has 3 rings (SSSR count). The smallest absolute Gasteiger partial charge is 0.240 e. The van der Waals surface area contributed by atoms with Gasteiger partial charge >= 0.3 is 0 Å². The first-order valence-corrected chi connectivity index (χ1v) is 7.06. The minimum absolute atomic E-state index is 0.0394. The van der Waals surface area contributed by atoms with E-state index in [9.17, 15) is 4.79 Å². The number of pyridine rings is 1. The molecule has 2 aromatic heterocycles. The lowest BCUT2D eigenvalue weighted by atomic mass is 9.92. The molecule has 2 aromatic rings. The van der Waals surface area contributed by atoms with E-state index in [0.29, 0.717) is 6.42 Å². The SMILES string of the molecule is CCc1nn2cc(OC)ccc2c1C1=NNC(=O)CC1C. The molecule has 6 heteroatoms. The Morgan fingerprint density at radius 1 is 1.48 bits per heavy atom. The van der Waals surface area contributed by atoms with Crippen molar-refractivity contribution in [2.45, 2.75) is 26.7 Å². The summed E-state index contributed by atoms with van der Waals surface area (Å²) in [4.78, 5) is 11.4. The van der Waals surface area contributed by atoms with Crippen molar-refractivity contribution >= 4 is 17.1 Å². The number of amides is 1. The maximum Gasteiger partial charge on any atom is 0.240 e. The summed E-state index contributed by atoms with van der Waals surface area (Å²) >= 11 is 0. The molecule has 3 heterocycles. The number of nitrogens with zero attached hydrogens (tertiary/aromatic N) is 3. The fourth-order valence-corrected chi connectivity index (χ4v) is 2.68. The summed E-state index contributed by atoms with van der Waals surface area (Å²) in [6.07, 6.45) is 3.11. The Morgan fingerprint density at radius 2 is 2.29 bits per heavy atom. The van der Waals surface area contributed by atoms with Gasteiger partial charge in [-0.05, 0) is 18.6 Å². The van der Waals surface area contributed by atoms with Crippen LogP contribution in [-0.2, 0) is 11.2 Å². The van der Waals surface area contributed by atoms with Crippen LogP contribution >= 0.6 is 0 Å². The van der Waals surface area contributed by atoms with E-state index in [0.717, 1.165) is 34.7 Å². The van der Waals surface area contributed by atoms with E-state index in [4.69, 9.17) is 4.74 Å². The van der Waals surface area contributed by atoms with Gasteiger partial charge in [0.15, 0.2) is 0 Å². The fraction of sp³-hybridized carbons (Fsp3) is 0.400. The van der Waals surface area contributed by atoms with E-state index < -0.39 is 0 Å². The van der Waals surface area contributed by atoms with Crippen LogP contribution in [0.3, 0.4) is 0 Å². The molecule has 0 saturated carbocycles. The van der Waals surface area contributed by atoms with Crippen molar-refractivity contribution < 1.29 is 9.53 Å². The molecule has 1 N–H and O–H groups in total. The van der Waals surface area contributed by atoms with Gasteiger partial charge in [0.25, 0.3) is 0 Å². The van der Waals surface area contributed by atoms with Crippen LogP contribution in [0.25, 0.3) is 5.52 Å². The van der Waals surface area contributed by atoms with Crippen molar-refractivity contribution in [2.24, 2.45) is 11.0 Å². The number of rotatable bonds is 3. The standard InChI is InChI=1S/C15H18N4O2/c1-4-11-14(15-9(2)7-13(20)16-17-15)12-6-5-10(21-3)8-19(12)18-11/h5-6,8-9H,4,7H2,1-3H3,(H,16,20). The molecule has 1 aliphatic rings. The highest BCUT2D eigenvalue weighted by molar-refractivity contribution is 6.10. The first-order chi connectivity index (χ1) is 10.1. The van der Waals surface area contributed by atoms with Crippen molar-refractivity contribution in [2.75, 3.05) is 7.11 Å². The van der Waals surface area contributed by atoms with Gasteiger partial charge in [-0.2, -0.15) is 10.2 Å². The summed E-state index contributed by atoms with van der Waals surface area (Å²) in [5.41, 5.74) is 6.45. The average molecular weight is 286 g/mol. The molecule has 0 bridgehead atoms. The molecular weight excluding hydrogens is 268 g/mol. The van der Waals surface area contributed by atoms with Crippen LogP contribution in [0.2, 0.25) is 0 Å². The van der Waals surface area contributed by atoms with E-state index in [1.807, 2.05) is 29.8 Å².